The summed E-state index contributed by atoms with van der Waals surface area (Å²) >= 11 is 0. The molecule has 84 valence electrons. The van der Waals surface area contributed by atoms with Gasteiger partial charge in [-0.2, -0.15) is 17.0 Å². The van der Waals surface area contributed by atoms with E-state index in [1.165, 1.54) is 21.1 Å². The minimum Gasteiger partial charge on any atom is -0.481 e. The number of carboxylic acids is 1. The van der Waals surface area contributed by atoms with Crippen molar-refractivity contribution in [3.05, 3.63) is 0 Å². The summed E-state index contributed by atoms with van der Waals surface area (Å²) in [5, 5.41) is 8.36. The van der Waals surface area contributed by atoms with Crippen molar-refractivity contribution in [1.29, 1.82) is 0 Å². The molecule has 0 saturated carbocycles. The molecule has 6 nitrogen and oxygen atoms in total. The third-order valence-electron chi connectivity index (χ3n) is 1.72. The number of nitrogens with zero attached hydrogens (tertiary/aromatic N) is 2. The molecule has 1 N–H and O–H groups in total. The molecule has 0 bridgehead atoms. The molecule has 0 atom stereocenters. The second kappa shape index (κ2) is 5.28. The Kier molecular flexibility index (Phi) is 5.03. The van der Waals surface area contributed by atoms with Crippen LogP contribution in [-0.4, -0.2) is 55.8 Å². The van der Waals surface area contributed by atoms with Crippen molar-refractivity contribution >= 4 is 16.2 Å². The molecule has 0 heterocycles. The van der Waals surface area contributed by atoms with Gasteiger partial charge in [-0.25, -0.2) is 0 Å². The Morgan fingerprint density at radius 2 is 1.79 bits per heavy atom. The number of aliphatic carboxylic acids is 1. The van der Waals surface area contributed by atoms with Gasteiger partial charge in [0.15, 0.2) is 0 Å². The van der Waals surface area contributed by atoms with E-state index in [0.29, 0.717) is 6.42 Å². The summed E-state index contributed by atoms with van der Waals surface area (Å²) in [6.07, 6.45) is 0.298. The molecule has 0 unspecified atom stereocenters. The zero-order chi connectivity index (χ0) is 11.4. The van der Waals surface area contributed by atoms with Gasteiger partial charge in [-0.15, -0.1) is 0 Å². The average Bonchev–Trinajstić information content (AvgIpc) is 2.02. The van der Waals surface area contributed by atoms with Gasteiger partial charge in [0, 0.05) is 34.1 Å². The summed E-state index contributed by atoms with van der Waals surface area (Å²) < 4.78 is 25.0. The van der Waals surface area contributed by atoms with Crippen molar-refractivity contribution in [2.45, 2.75) is 12.8 Å². The fourth-order valence-corrected chi connectivity index (χ4v) is 1.76. The van der Waals surface area contributed by atoms with Gasteiger partial charge in [-0.05, 0) is 6.42 Å². The van der Waals surface area contributed by atoms with E-state index in [4.69, 9.17) is 5.11 Å². The second-order valence-corrected chi connectivity index (χ2v) is 5.36. The molecule has 0 saturated heterocycles. The van der Waals surface area contributed by atoms with Crippen LogP contribution in [0.3, 0.4) is 0 Å². The standard InChI is InChI=1S/C7H16N2O4S/c1-8(2)14(12,13)9(3)6-4-5-7(10)11/h4-6H2,1-3H3,(H,10,11). The van der Waals surface area contributed by atoms with Gasteiger partial charge in [0.2, 0.25) is 0 Å². The maximum atomic E-state index is 11.4. The van der Waals surface area contributed by atoms with Crippen LogP contribution in [0.1, 0.15) is 12.8 Å². The number of carboxylic acid groups (broad SMARTS) is 1. The van der Waals surface area contributed by atoms with Gasteiger partial charge in [0.25, 0.3) is 10.2 Å². The van der Waals surface area contributed by atoms with E-state index in [2.05, 4.69) is 0 Å². The first-order valence-electron chi connectivity index (χ1n) is 4.14. The van der Waals surface area contributed by atoms with Crippen LogP contribution in [-0.2, 0) is 15.0 Å². The zero-order valence-corrected chi connectivity index (χ0v) is 9.41. The summed E-state index contributed by atoms with van der Waals surface area (Å²) in [4.78, 5) is 10.2. The van der Waals surface area contributed by atoms with E-state index >= 15 is 0 Å². The molecule has 0 radical (unpaired) electrons. The summed E-state index contributed by atoms with van der Waals surface area (Å²) in [6.45, 7) is 0.215. The van der Waals surface area contributed by atoms with Crippen LogP contribution in [0.15, 0.2) is 0 Å². The minimum atomic E-state index is -3.40. The quantitative estimate of drug-likeness (QED) is 0.665. The van der Waals surface area contributed by atoms with Crippen molar-refractivity contribution in [2.24, 2.45) is 0 Å². The first kappa shape index (κ1) is 13.3. The SMILES string of the molecule is CN(C)S(=O)(=O)N(C)CCCC(=O)O. The summed E-state index contributed by atoms with van der Waals surface area (Å²) in [7, 11) is 0.894. The molecule has 0 spiro atoms. The molecule has 0 amide bonds. The lowest BCUT2D eigenvalue weighted by atomic mass is 10.3. The second-order valence-electron chi connectivity index (χ2n) is 3.11. The summed E-state index contributed by atoms with van der Waals surface area (Å²) in [5.74, 6) is -0.916. The third kappa shape index (κ3) is 4.03. The smallest absolute Gasteiger partial charge is 0.303 e. The van der Waals surface area contributed by atoms with Crippen molar-refractivity contribution in [2.75, 3.05) is 27.7 Å². The lowest BCUT2D eigenvalue weighted by molar-refractivity contribution is -0.137. The van der Waals surface area contributed by atoms with Crippen molar-refractivity contribution in [1.82, 2.24) is 8.61 Å². The summed E-state index contributed by atoms with van der Waals surface area (Å²) in [5.41, 5.74) is 0. The maximum absolute atomic E-state index is 11.4. The van der Waals surface area contributed by atoms with E-state index < -0.39 is 16.2 Å². The van der Waals surface area contributed by atoms with Crippen LogP contribution < -0.4 is 0 Å². The lowest BCUT2D eigenvalue weighted by Gasteiger charge is -2.20. The van der Waals surface area contributed by atoms with E-state index in [9.17, 15) is 13.2 Å². The molecule has 0 aromatic rings. The van der Waals surface area contributed by atoms with Gasteiger partial charge in [0.05, 0.1) is 0 Å². The molecular formula is C7H16N2O4S. The molecule has 0 aromatic carbocycles. The first-order chi connectivity index (χ1) is 6.28. The molecule has 0 aliphatic carbocycles. The van der Waals surface area contributed by atoms with Gasteiger partial charge in [-0.3, -0.25) is 4.79 Å². The molecule has 7 heteroatoms. The van der Waals surface area contributed by atoms with Crippen LogP contribution >= 0.6 is 0 Å². The number of hydrogen-bond donors (Lipinski definition) is 1. The highest BCUT2D eigenvalue weighted by Gasteiger charge is 2.19. The van der Waals surface area contributed by atoms with Crippen molar-refractivity contribution in [3.8, 4) is 0 Å². The highest BCUT2D eigenvalue weighted by atomic mass is 32.2. The van der Waals surface area contributed by atoms with E-state index in [-0.39, 0.29) is 13.0 Å². The Morgan fingerprint density at radius 3 is 2.14 bits per heavy atom. The van der Waals surface area contributed by atoms with Crippen molar-refractivity contribution < 1.29 is 18.3 Å². The molecule has 0 fully saturated rings. The Morgan fingerprint density at radius 1 is 1.29 bits per heavy atom. The van der Waals surface area contributed by atoms with Crippen LogP contribution in [0.4, 0.5) is 0 Å². The molecular weight excluding hydrogens is 208 g/mol. The number of rotatable bonds is 6. The molecule has 0 rings (SSSR count). The normalized spacial score (nSPS) is 12.4. The average molecular weight is 224 g/mol. The predicted molar refractivity (Wildman–Crippen MR) is 52.1 cm³/mol. The summed E-state index contributed by atoms with van der Waals surface area (Å²) in [6, 6.07) is 0. The zero-order valence-electron chi connectivity index (χ0n) is 8.60. The molecule has 0 aliphatic rings. The Balaban J connectivity index is 4.09. The van der Waals surface area contributed by atoms with Gasteiger partial charge >= 0.3 is 5.97 Å². The fourth-order valence-electron chi connectivity index (χ4n) is 0.847. The molecule has 0 aliphatic heterocycles. The predicted octanol–water partition coefficient (Wildman–Crippen LogP) is -0.411. The monoisotopic (exact) mass is 224 g/mol. The minimum absolute atomic E-state index is 0.0205. The van der Waals surface area contributed by atoms with Gasteiger partial charge in [0.1, 0.15) is 0 Å². The lowest BCUT2D eigenvalue weighted by Crippen LogP contribution is -2.37. The highest BCUT2D eigenvalue weighted by molar-refractivity contribution is 7.86. The largest absolute Gasteiger partial charge is 0.481 e. The number of carbonyl (C=O) groups is 1. The Labute approximate surface area is 84.3 Å². The van der Waals surface area contributed by atoms with E-state index in [1.807, 2.05) is 0 Å². The molecule has 0 aromatic heterocycles. The van der Waals surface area contributed by atoms with Gasteiger partial charge < -0.3 is 5.11 Å². The van der Waals surface area contributed by atoms with Gasteiger partial charge in [-0.1, -0.05) is 0 Å². The topological polar surface area (TPSA) is 77.9 Å². The number of hydrogen-bond acceptors (Lipinski definition) is 3. The first-order valence-corrected chi connectivity index (χ1v) is 5.53. The van der Waals surface area contributed by atoms with Crippen LogP contribution in [0.2, 0.25) is 0 Å². The van der Waals surface area contributed by atoms with E-state index in [0.717, 1.165) is 8.61 Å². The van der Waals surface area contributed by atoms with Crippen molar-refractivity contribution in [3.63, 3.8) is 0 Å². The third-order valence-corrected chi connectivity index (χ3v) is 3.61. The Bertz CT molecular complexity index is 286. The van der Waals surface area contributed by atoms with Crippen LogP contribution in [0, 0.1) is 0 Å². The Hall–Kier alpha value is -0.660. The van der Waals surface area contributed by atoms with Crippen LogP contribution in [0.5, 0.6) is 0 Å². The van der Waals surface area contributed by atoms with Crippen LogP contribution in [0.25, 0.3) is 0 Å². The fraction of sp³-hybridized carbons (Fsp3) is 0.857. The molecule has 14 heavy (non-hydrogen) atoms. The van der Waals surface area contributed by atoms with E-state index in [1.54, 1.807) is 0 Å². The maximum Gasteiger partial charge on any atom is 0.303 e. The highest BCUT2D eigenvalue weighted by Crippen LogP contribution is 2.02.